The van der Waals surface area contributed by atoms with Crippen LogP contribution in [0.15, 0.2) is 30.3 Å². The Balaban J connectivity index is 1.91. The van der Waals surface area contributed by atoms with E-state index in [2.05, 4.69) is 41.3 Å². The van der Waals surface area contributed by atoms with E-state index in [1.165, 1.54) is 31.2 Å². The van der Waals surface area contributed by atoms with Gasteiger partial charge in [-0.15, -0.1) is 0 Å². The summed E-state index contributed by atoms with van der Waals surface area (Å²) < 4.78 is 0. The minimum atomic E-state index is 0.0954. The lowest BCUT2D eigenvalue weighted by atomic mass is 10.0. The normalized spacial score (nSPS) is 17.7. The lowest BCUT2D eigenvalue weighted by molar-refractivity contribution is -0.123. The van der Waals surface area contributed by atoms with Crippen molar-refractivity contribution in [2.45, 2.75) is 38.1 Å². The average Bonchev–Trinajstić information content (AvgIpc) is 2.80. The van der Waals surface area contributed by atoms with Crippen LogP contribution < -0.4 is 5.32 Å². The summed E-state index contributed by atoms with van der Waals surface area (Å²) in [5, 5.41) is 3.25. The molecular weight excluding hydrogens is 286 g/mol. The highest BCUT2D eigenvalue weighted by Gasteiger charge is 2.17. The van der Waals surface area contributed by atoms with Gasteiger partial charge in [0.1, 0.15) is 0 Å². The summed E-state index contributed by atoms with van der Waals surface area (Å²) >= 11 is 0. The van der Waals surface area contributed by atoms with Gasteiger partial charge in [0.2, 0.25) is 5.91 Å². The molecule has 0 saturated carbocycles. The number of amides is 1. The van der Waals surface area contributed by atoms with Gasteiger partial charge in [0.05, 0.1) is 12.6 Å². The Morgan fingerprint density at radius 2 is 1.78 bits per heavy atom. The van der Waals surface area contributed by atoms with Gasteiger partial charge in [-0.05, 0) is 58.6 Å². The highest BCUT2D eigenvalue weighted by Crippen LogP contribution is 2.17. The largest absolute Gasteiger partial charge is 0.348 e. The number of carbonyl (C=O) groups excluding carboxylic acids is 1. The van der Waals surface area contributed by atoms with Gasteiger partial charge in [0, 0.05) is 0 Å². The molecule has 1 atom stereocenters. The first-order valence-corrected chi connectivity index (χ1v) is 8.86. The minimum absolute atomic E-state index is 0.0954. The summed E-state index contributed by atoms with van der Waals surface area (Å²) in [6.45, 7) is 3.61. The molecule has 1 aliphatic rings. The van der Waals surface area contributed by atoms with Gasteiger partial charge in [-0.3, -0.25) is 9.69 Å². The predicted octanol–water partition coefficient (Wildman–Crippen LogP) is 2.67. The van der Waals surface area contributed by atoms with Gasteiger partial charge in [0.15, 0.2) is 0 Å². The number of hydrogen-bond acceptors (Lipinski definition) is 3. The smallest absolute Gasteiger partial charge is 0.234 e. The molecule has 4 nitrogen and oxygen atoms in total. The van der Waals surface area contributed by atoms with E-state index in [9.17, 15) is 4.79 Å². The highest BCUT2D eigenvalue weighted by atomic mass is 16.2. The number of likely N-dealkylation sites (tertiary alicyclic amines) is 1. The van der Waals surface area contributed by atoms with Crippen LogP contribution in [0.3, 0.4) is 0 Å². The number of nitrogens with one attached hydrogen (secondary N) is 1. The lowest BCUT2D eigenvalue weighted by Gasteiger charge is -2.24. The van der Waals surface area contributed by atoms with Crippen molar-refractivity contribution in [3.05, 3.63) is 35.9 Å². The second kappa shape index (κ2) is 9.68. The lowest BCUT2D eigenvalue weighted by Crippen LogP contribution is -2.40. The summed E-state index contributed by atoms with van der Waals surface area (Å²) in [6, 6.07) is 10.4. The maximum Gasteiger partial charge on any atom is 0.234 e. The molecule has 1 amide bonds. The van der Waals surface area contributed by atoms with Crippen molar-refractivity contribution in [3.63, 3.8) is 0 Å². The van der Waals surface area contributed by atoms with Crippen LogP contribution in [0.5, 0.6) is 0 Å². The summed E-state index contributed by atoms with van der Waals surface area (Å²) in [7, 11) is 4.14. The maximum atomic E-state index is 12.5. The summed E-state index contributed by atoms with van der Waals surface area (Å²) in [4.78, 5) is 17.0. The molecule has 1 heterocycles. The van der Waals surface area contributed by atoms with Crippen molar-refractivity contribution in [1.29, 1.82) is 0 Å². The molecule has 1 aromatic carbocycles. The van der Waals surface area contributed by atoms with Gasteiger partial charge < -0.3 is 10.2 Å². The first-order valence-electron chi connectivity index (χ1n) is 8.86. The standard InChI is InChI=1S/C19H31N3O/c1-21(2)15-12-18(17-10-6-5-7-11-17)20-19(23)16-22-13-8-3-4-9-14-22/h5-7,10-11,18H,3-4,8-9,12-16H2,1-2H3,(H,20,23)/t18-/m1/s1. The maximum absolute atomic E-state index is 12.5. The third kappa shape index (κ3) is 6.71. The molecule has 1 fully saturated rings. The van der Waals surface area contributed by atoms with Crippen LogP contribution >= 0.6 is 0 Å². The second-order valence-electron chi connectivity index (χ2n) is 6.81. The topological polar surface area (TPSA) is 35.6 Å². The van der Waals surface area contributed by atoms with Crippen molar-refractivity contribution in [1.82, 2.24) is 15.1 Å². The van der Waals surface area contributed by atoms with E-state index in [4.69, 9.17) is 0 Å². The van der Waals surface area contributed by atoms with Crippen LogP contribution in [0, 0.1) is 0 Å². The van der Waals surface area contributed by atoms with E-state index >= 15 is 0 Å². The van der Waals surface area contributed by atoms with E-state index in [-0.39, 0.29) is 11.9 Å². The molecule has 1 N–H and O–H groups in total. The number of hydrogen-bond donors (Lipinski definition) is 1. The predicted molar refractivity (Wildman–Crippen MR) is 95.4 cm³/mol. The molecule has 1 aliphatic heterocycles. The summed E-state index contributed by atoms with van der Waals surface area (Å²) in [6.07, 6.45) is 5.97. The molecule has 0 aromatic heterocycles. The van der Waals surface area contributed by atoms with E-state index < -0.39 is 0 Å². The van der Waals surface area contributed by atoms with Crippen LogP contribution in [0.1, 0.15) is 43.7 Å². The van der Waals surface area contributed by atoms with E-state index in [1.807, 2.05) is 18.2 Å². The SMILES string of the molecule is CN(C)CC[C@@H](NC(=O)CN1CCCCCC1)c1ccccc1. The highest BCUT2D eigenvalue weighted by molar-refractivity contribution is 5.78. The molecule has 2 rings (SSSR count). The minimum Gasteiger partial charge on any atom is -0.348 e. The molecule has 0 bridgehead atoms. The number of rotatable bonds is 7. The Kier molecular flexibility index (Phi) is 7.56. The number of benzene rings is 1. The average molecular weight is 317 g/mol. The third-order valence-corrected chi connectivity index (χ3v) is 4.47. The molecule has 0 radical (unpaired) electrons. The van der Waals surface area contributed by atoms with Crippen LogP contribution in [0.4, 0.5) is 0 Å². The Labute approximate surface area is 140 Å². The molecule has 1 saturated heterocycles. The van der Waals surface area contributed by atoms with Crippen molar-refractivity contribution in [2.75, 3.05) is 40.3 Å². The molecule has 23 heavy (non-hydrogen) atoms. The fourth-order valence-electron chi connectivity index (χ4n) is 3.13. The molecule has 0 spiro atoms. The van der Waals surface area contributed by atoms with Crippen LogP contribution in [0.25, 0.3) is 0 Å². The van der Waals surface area contributed by atoms with E-state index in [0.717, 1.165) is 26.1 Å². The summed E-state index contributed by atoms with van der Waals surface area (Å²) in [5.74, 6) is 0.152. The van der Waals surface area contributed by atoms with Crippen molar-refractivity contribution in [2.24, 2.45) is 0 Å². The zero-order valence-corrected chi connectivity index (χ0v) is 14.6. The van der Waals surface area contributed by atoms with Crippen molar-refractivity contribution < 1.29 is 4.79 Å². The molecular formula is C19H31N3O. The van der Waals surface area contributed by atoms with Gasteiger partial charge in [-0.2, -0.15) is 0 Å². The van der Waals surface area contributed by atoms with E-state index in [0.29, 0.717) is 6.54 Å². The first-order chi connectivity index (χ1) is 11.1. The fraction of sp³-hybridized carbons (Fsp3) is 0.632. The van der Waals surface area contributed by atoms with Gasteiger partial charge in [-0.25, -0.2) is 0 Å². The zero-order valence-electron chi connectivity index (χ0n) is 14.6. The fourth-order valence-corrected chi connectivity index (χ4v) is 3.13. The first kappa shape index (κ1) is 18.0. The Bertz CT molecular complexity index is 453. The zero-order chi connectivity index (χ0) is 16.5. The van der Waals surface area contributed by atoms with Crippen LogP contribution in [-0.2, 0) is 4.79 Å². The Hall–Kier alpha value is -1.39. The van der Waals surface area contributed by atoms with E-state index in [1.54, 1.807) is 0 Å². The van der Waals surface area contributed by atoms with Crippen LogP contribution in [-0.4, -0.2) is 56.0 Å². The Morgan fingerprint density at radius 3 is 2.39 bits per heavy atom. The van der Waals surface area contributed by atoms with Gasteiger partial charge >= 0.3 is 0 Å². The van der Waals surface area contributed by atoms with Gasteiger partial charge in [0.25, 0.3) is 0 Å². The molecule has 0 aliphatic carbocycles. The van der Waals surface area contributed by atoms with Crippen LogP contribution in [0.2, 0.25) is 0 Å². The monoisotopic (exact) mass is 317 g/mol. The molecule has 0 unspecified atom stereocenters. The molecule has 1 aromatic rings. The van der Waals surface area contributed by atoms with Crippen molar-refractivity contribution >= 4 is 5.91 Å². The van der Waals surface area contributed by atoms with Crippen molar-refractivity contribution in [3.8, 4) is 0 Å². The number of nitrogens with zero attached hydrogens (tertiary/aromatic N) is 2. The Morgan fingerprint density at radius 1 is 1.13 bits per heavy atom. The third-order valence-electron chi connectivity index (χ3n) is 4.47. The molecule has 4 heteroatoms. The quantitative estimate of drug-likeness (QED) is 0.840. The summed E-state index contributed by atoms with van der Waals surface area (Å²) in [5.41, 5.74) is 1.19. The second-order valence-corrected chi connectivity index (χ2v) is 6.81. The van der Waals surface area contributed by atoms with Gasteiger partial charge in [-0.1, -0.05) is 43.2 Å². The number of carbonyl (C=O) groups is 1. The molecule has 128 valence electrons.